The lowest BCUT2D eigenvalue weighted by Crippen LogP contribution is -2.58. The molecule has 0 saturated carbocycles. The van der Waals surface area contributed by atoms with Crippen LogP contribution in [0.2, 0.25) is 0 Å². The van der Waals surface area contributed by atoms with Gasteiger partial charge in [-0.3, -0.25) is 14.5 Å². The van der Waals surface area contributed by atoms with Crippen molar-refractivity contribution < 1.29 is 9.59 Å². The van der Waals surface area contributed by atoms with Crippen molar-refractivity contribution in [2.45, 2.75) is 25.4 Å². The zero-order valence-electron chi connectivity index (χ0n) is 16.4. The Bertz CT molecular complexity index is 866. The van der Waals surface area contributed by atoms with E-state index in [1.54, 1.807) is 4.90 Å². The zero-order chi connectivity index (χ0) is 20.2. The van der Waals surface area contributed by atoms with Crippen LogP contribution in [0.25, 0.3) is 0 Å². The Balaban J connectivity index is 1.36. The molecule has 0 bridgehead atoms. The molecule has 0 radical (unpaired) electrons. The standard InChI is InChI=1S/C21H26N6O2/c22-19-18(23-8-9-24-19)21(29)26-13-11-25(12-14-26)17-7-4-10-27(20(17)28)15-16-5-2-1-3-6-16/h1-3,5-6,8-9,17H,4,7,10-15H2,(H2,22,24)/t17-/m0/s1. The molecule has 2 aromatic rings. The van der Waals surface area contributed by atoms with Crippen LogP contribution in [-0.2, 0) is 11.3 Å². The summed E-state index contributed by atoms with van der Waals surface area (Å²) in [5, 5.41) is 0. The third kappa shape index (κ3) is 4.22. The second-order valence-electron chi connectivity index (χ2n) is 7.52. The molecule has 8 nitrogen and oxygen atoms in total. The number of nitrogens with zero attached hydrogens (tertiary/aromatic N) is 5. The Kier molecular flexibility index (Phi) is 5.71. The maximum atomic E-state index is 13.1. The van der Waals surface area contributed by atoms with Crippen molar-refractivity contribution in [2.75, 3.05) is 38.5 Å². The highest BCUT2D eigenvalue weighted by Gasteiger charge is 2.35. The van der Waals surface area contributed by atoms with Gasteiger partial charge in [0.25, 0.3) is 5.91 Å². The molecule has 4 rings (SSSR count). The highest BCUT2D eigenvalue weighted by atomic mass is 16.2. The van der Waals surface area contributed by atoms with Crippen LogP contribution in [0.15, 0.2) is 42.7 Å². The number of hydrogen-bond donors (Lipinski definition) is 1. The second-order valence-corrected chi connectivity index (χ2v) is 7.52. The van der Waals surface area contributed by atoms with Crippen molar-refractivity contribution in [2.24, 2.45) is 0 Å². The van der Waals surface area contributed by atoms with Crippen LogP contribution in [0.1, 0.15) is 28.9 Å². The van der Waals surface area contributed by atoms with Gasteiger partial charge in [0.2, 0.25) is 5.91 Å². The summed E-state index contributed by atoms with van der Waals surface area (Å²) < 4.78 is 0. The normalized spacial score (nSPS) is 20.7. The number of likely N-dealkylation sites (tertiary alicyclic amines) is 1. The molecule has 2 aliphatic rings. The van der Waals surface area contributed by atoms with Crippen LogP contribution >= 0.6 is 0 Å². The summed E-state index contributed by atoms with van der Waals surface area (Å²) in [5.74, 6) is 0.146. The third-order valence-corrected chi connectivity index (χ3v) is 5.69. The summed E-state index contributed by atoms with van der Waals surface area (Å²) in [6.07, 6.45) is 4.81. The minimum Gasteiger partial charge on any atom is -0.382 e. The van der Waals surface area contributed by atoms with E-state index in [9.17, 15) is 9.59 Å². The maximum Gasteiger partial charge on any atom is 0.276 e. The van der Waals surface area contributed by atoms with Gasteiger partial charge < -0.3 is 15.5 Å². The van der Waals surface area contributed by atoms with Gasteiger partial charge in [0.05, 0.1) is 6.04 Å². The van der Waals surface area contributed by atoms with E-state index in [-0.39, 0.29) is 29.4 Å². The number of nitrogens with two attached hydrogens (primary N) is 1. The number of hydrogen-bond acceptors (Lipinski definition) is 6. The summed E-state index contributed by atoms with van der Waals surface area (Å²) in [6, 6.07) is 9.99. The van der Waals surface area contributed by atoms with Crippen LogP contribution in [0.3, 0.4) is 0 Å². The van der Waals surface area contributed by atoms with Gasteiger partial charge in [0, 0.05) is 51.7 Å². The minimum absolute atomic E-state index is 0.105. The van der Waals surface area contributed by atoms with E-state index in [4.69, 9.17) is 5.73 Å². The molecule has 0 aliphatic carbocycles. The summed E-state index contributed by atoms with van der Waals surface area (Å²) in [5.41, 5.74) is 7.14. The Labute approximate surface area is 170 Å². The second kappa shape index (κ2) is 8.57. The van der Waals surface area contributed by atoms with Gasteiger partial charge in [-0.15, -0.1) is 0 Å². The van der Waals surface area contributed by atoms with E-state index in [0.29, 0.717) is 32.7 Å². The van der Waals surface area contributed by atoms with Gasteiger partial charge >= 0.3 is 0 Å². The van der Waals surface area contributed by atoms with Crippen LogP contribution in [-0.4, -0.2) is 75.2 Å². The monoisotopic (exact) mass is 394 g/mol. The number of benzene rings is 1. The number of carbonyl (C=O) groups is 2. The Morgan fingerprint density at radius 2 is 1.76 bits per heavy atom. The van der Waals surface area contributed by atoms with E-state index in [1.165, 1.54) is 12.4 Å². The summed E-state index contributed by atoms with van der Waals surface area (Å²) >= 11 is 0. The maximum absolute atomic E-state index is 13.1. The van der Waals surface area contributed by atoms with E-state index in [1.807, 2.05) is 23.1 Å². The van der Waals surface area contributed by atoms with E-state index in [2.05, 4.69) is 27.0 Å². The largest absolute Gasteiger partial charge is 0.382 e. The first-order chi connectivity index (χ1) is 14.1. The number of rotatable bonds is 4. The van der Waals surface area contributed by atoms with Crippen molar-refractivity contribution in [1.29, 1.82) is 0 Å². The van der Waals surface area contributed by atoms with Gasteiger partial charge in [-0.05, 0) is 18.4 Å². The van der Waals surface area contributed by atoms with Gasteiger partial charge in [-0.1, -0.05) is 30.3 Å². The molecular weight excluding hydrogens is 368 g/mol. The number of piperidine rings is 1. The fourth-order valence-corrected chi connectivity index (χ4v) is 4.12. The highest BCUT2D eigenvalue weighted by Crippen LogP contribution is 2.21. The molecule has 2 aliphatic heterocycles. The van der Waals surface area contributed by atoms with E-state index in [0.717, 1.165) is 24.9 Å². The molecule has 29 heavy (non-hydrogen) atoms. The van der Waals surface area contributed by atoms with Crippen molar-refractivity contribution in [3.8, 4) is 0 Å². The predicted octanol–water partition coefficient (Wildman–Crippen LogP) is 1.01. The molecule has 0 spiro atoms. The molecule has 2 saturated heterocycles. The molecule has 1 aromatic heterocycles. The molecule has 1 atom stereocenters. The van der Waals surface area contributed by atoms with Crippen LogP contribution < -0.4 is 5.73 Å². The van der Waals surface area contributed by atoms with Crippen LogP contribution in [0.5, 0.6) is 0 Å². The number of piperazine rings is 1. The fourth-order valence-electron chi connectivity index (χ4n) is 4.12. The quantitative estimate of drug-likeness (QED) is 0.831. The van der Waals surface area contributed by atoms with Crippen LogP contribution in [0, 0.1) is 0 Å². The van der Waals surface area contributed by atoms with Gasteiger partial charge in [0.1, 0.15) is 0 Å². The predicted molar refractivity (Wildman–Crippen MR) is 109 cm³/mol. The Morgan fingerprint density at radius 1 is 1.03 bits per heavy atom. The fraction of sp³-hybridized carbons (Fsp3) is 0.429. The number of carbonyl (C=O) groups excluding carboxylic acids is 2. The van der Waals surface area contributed by atoms with Gasteiger partial charge in [0.15, 0.2) is 11.5 Å². The highest BCUT2D eigenvalue weighted by molar-refractivity contribution is 5.96. The van der Waals surface area contributed by atoms with Crippen LogP contribution in [0.4, 0.5) is 5.82 Å². The van der Waals surface area contributed by atoms with Gasteiger partial charge in [-0.25, -0.2) is 9.97 Å². The average molecular weight is 394 g/mol. The lowest BCUT2D eigenvalue weighted by molar-refractivity contribution is -0.141. The topological polar surface area (TPSA) is 95.7 Å². The molecule has 2 N–H and O–H groups in total. The summed E-state index contributed by atoms with van der Waals surface area (Å²) in [7, 11) is 0. The molecular formula is C21H26N6O2. The van der Waals surface area contributed by atoms with Gasteiger partial charge in [-0.2, -0.15) is 0 Å². The summed E-state index contributed by atoms with van der Waals surface area (Å²) in [4.78, 5) is 39.7. The number of aromatic nitrogens is 2. The molecule has 2 fully saturated rings. The third-order valence-electron chi connectivity index (χ3n) is 5.69. The molecule has 1 aromatic carbocycles. The first-order valence-electron chi connectivity index (χ1n) is 10.1. The molecule has 8 heteroatoms. The van der Waals surface area contributed by atoms with Crippen molar-refractivity contribution in [3.05, 3.63) is 54.0 Å². The van der Waals surface area contributed by atoms with E-state index >= 15 is 0 Å². The SMILES string of the molecule is Nc1nccnc1C(=O)N1CCN([C@H]2CCCN(Cc3ccccc3)C2=O)CC1. The molecule has 0 unspecified atom stereocenters. The smallest absolute Gasteiger partial charge is 0.276 e. The van der Waals surface area contributed by atoms with Crippen molar-refractivity contribution >= 4 is 17.6 Å². The Hall–Kier alpha value is -3.00. The molecule has 2 amide bonds. The average Bonchev–Trinajstić information content (AvgIpc) is 2.76. The summed E-state index contributed by atoms with van der Waals surface area (Å²) in [6.45, 7) is 3.90. The van der Waals surface area contributed by atoms with E-state index < -0.39 is 0 Å². The number of anilines is 1. The molecule has 3 heterocycles. The zero-order valence-corrected chi connectivity index (χ0v) is 16.4. The minimum atomic E-state index is -0.198. The molecule has 152 valence electrons. The lowest BCUT2D eigenvalue weighted by atomic mass is 10.0. The lowest BCUT2D eigenvalue weighted by Gasteiger charge is -2.42. The van der Waals surface area contributed by atoms with Crippen molar-refractivity contribution in [1.82, 2.24) is 24.7 Å². The van der Waals surface area contributed by atoms with Crippen molar-refractivity contribution in [3.63, 3.8) is 0 Å². The Morgan fingerprint density at radius 3 is 2.48 bits per heavy atom. The first kappa shape index (κ1) is 19.3. The first-order valence-corrected chi connectivity index (χ1v) is 10.1. The number of nitrogen functional groups attached to an aromatic ring is 1. The number of amides is 2.